The Morgan fingerprint density at radius 3 is 2.44 bits per heavy atom. The van der Waals surface area contributed by atoms with Crippen molar-refractivity contribution in [2.24, 2.45) is 10.5 Å². The van der Waals surface area contributed by atoms with Gasteiger partial charge in [0.2, 0.25) is 5.76 Å². The Kier molecular flexibility index (Phi) is 1.27. The van der Waals surface area contributed by atoms with Gasteiger partial charge in [0.15, 0.2) is 6.20 Å². The molecule has 0 saturated carbocycles. The van der Waals surface area contributed by atoms with Crippen molar-refractivity contribution in [2.45, 2.75) is 20.8 Å². The Labute approximate surface area is 54.4 Å². The summed E-state index contributed by atoms with van der Waals surface area (Å²) in [6, 6.07) is 0. The molecule has 49 valence electrons. The fraction of sp³-hybridized carbons (Fsp3) is 0.667. The largest absolute Gasteiger partial charge is 0.467 e. The van der Waals surface area contributed by atoms with E-state index in [1.54, 1.807) is 6.20 Å². The fourth-order valence-electron chi connectivity index (χ4n) is 0.498. The number of hydrogen-bond acceptors (Lipinski definition) is 3. The number of nitrogens with zero attached hydrogens (tertiary/aromatic N) is 2. The zero-order valence-corrected chi connectivity index (χ0v) is 5.88. The molecule has 0 spiro atoms. The highest BCUT2D eigenvalue weighted by atomic mass is 16.7. The first kappa shape index (κ1) is 6.26. The van der Waals surface area contributed by atoms with Gasteiger partial charge in [-0.1, -0.05) is 20.8 Å². The van der Waals surface area contributed by atoms with E-state index in [0.29, 0.717) is 0 Å². The van der Waals surface area contributed by atoms with E-state index in [1.807, 2.05) is 0 Å². The lowest BCUT2D eigenvalue weighted by atomic mass is 9.95. The Hall–Kier alpha value is -0.860. The van der Waals surface area contributed by atoms with E-state index >= 15 is 0 Å². The van der Waals surface area contributed by atoms with Crippen LogP contribution in [-0.4, -0.2) is 0 Å². The first-order valence-corrected chi connectivity index (χ1v) is 2.88. The van der Waals surface area contributed by atoms with Crippen LogP contribution in [0.3, 0.4) is 0 Å². The van der Waals surface area contributed by atoms with Gasteiger partial charge in [-0.2, -0.15) is 0 Å². The minimum atomic E-state index is 0.0312. The molecule has 0 bridgehead atoms. The molecule has 0 unspecified atom stereocenters. The summed E-state index contributed by atoms with van der Waals surface area (Å²) < 4.78 is 0. The van der Waals surface area contributed by atoms with Gasteiger partial charge in [-0.15, -0.1) is 4.84 Å². The summed E-state index contributed by atoms with van der Waals surface area (Å²) in [6.45, 7) is 6.15. The smallest absolute Gasteiger partial charge is 0.147 e. The lowest BCUT2D eigenvalue weighted by Crippen LogP contribution is -2.10. The second kappa shape index (κ2) is 1.83. The van der Waals surface area contributed by atoms with Crippen LogP contribution in [0.4, 0.5) is 0 Å². The minimum Gasteiger partial charge on any atom is -0.147 e. The van der Waals surface area contributed by atoms with Crippen LogP contribution in [0, 0.1) is 5.41 Å². The molecule has 0 aromatic heterocycles. The molecular weight excluding hydrogens is 116 g/mol. The van der Waals surface area contributed by atoms with Crippen LogP contribution in [0.1, 0.15) is 20.8 Å². The monoisotopic (exact) mass is 126 g/mol. The van der Waals surface area contributed by atoms with Crippen LogP contribution in [0.5, 0.6) is 0 Å². The molecule has 1 rings (SSSR count). The topological polar surface area (TPSA) is 35.7 Å². The summed E-state index contributed by atoms with van der Waals surface area (Å²) in [4.78, 5) is 4.84. The minimum absolute atomic E-state index is 0.0312. The van der Waals surface area contributed by atoms with Crippen LogP contribution >= 0.6 is 0 Å². The second-order valence-electron chi connectivity index (χ2n) is 3.03. The van der Waals surface area contributed by atoms with Crippen molar-refractivity contribution in [1.29, 1.82) is 0 Å². The van der Waals surface area contributed by atoms with Gasteiger partial charge in [-0.05, 0) is 0 Å². The lowest BCUT2D eigenvalue weighted by Gasteiger charge is -2.11. The first-order chi connectivity index (χ1) is 4.11. The van der Waals surface area contributed by atoms with Crippen molar-refractivity contribution in [3.63, 3.8) is 0 Å². The Morgan fingerprint density at radius 2 is 2.22 bits per heavy atom. The third-order valence-corrected chi connectivity index (χ3v) is 1.10. The van der Waals surface area contributed by atoms with Gasteiger partial charge in [-0.25, -0.2) is 0 Å². The number of hydrogen-bond donors (Lipinski definition) is 0. The Balaban J connectivity index is 2.66. The predicted octanol–water partition coefficient (Wildman–Crippen LogP) is 1.61. The van der Waals surface area contributed by atoms with Gasteiger partial charge in [0.1, 0.15) is 5.11 Å². The molecule has 0 atom stereocenters. The molecule has 9 heavy (non-hydrogen) atoms. The van der Waals surface area contributed by atoms with Crippen LogP contribution in [0.25, 0.3) is 0 Å². The molecule has 0 saturated heterocycles. The fourth-order valence-corrected chi connectivity index (χ4v) is 0.498. The van der Waals surface area contributed by atoms with Crippen molar-refractivity contribution in [3.05, 3.63) is 12.0 Å². The van der Waals surface area contributed by atoms with Crippen molar-refractivity contribution in [2.75, 3.05) is 0 Å². The summed E-state index contributed by atoms with van der Waals surface area (Å²) in [5.41, 5.74) is 0.0312. The maximum Gasteiger partial charge on any atom is 0.467 e. The molecule has 3 nitrogen and oxygen atoms in total. The standard InChI is InChI=1S/C6H10N2O/c1-6(2,3)5-4-7-8-9-5/h4H,1-3H3/q+1. The maximum absolute atomic E-state index is 4.84. The van der Waals surface area contributed by atoms with Gasteiger partial charge < -0.3 is 0 Å². The van der Waals surface area contributed by atoms with E-state index in [1.165, 1.54) is 0 Å². The highest BCUT2D eigenvalue weighted by molar-refractivity contribution is 5.02. The van der Waals surface area contributed by atoms with Crippen LogP contribution in [-0.2, 0) is 4.84 Å². The summed E-state index contributed by atoms with van der Waals surface area (Å²) in [7, 11) is 0. The van der Waals surface area contributed by atoms with E-state index in [9.17, 15) is 0 Å². The van der Waals surface area contributed by atoms with Crippen LogP contribution in [0.15, 0.2) is 17.1 Å². The van der Waals surface area contributed by atoms with E-state index in [0.717, 1.165) is 5.76 Å². The molecule has 1 heterocycles. The molecule has 0 aromatic rings. The number of allylic oxidation sites excluding steroid dienone is 1. The van der Waals surface area contributed by atoms with Gasteiger partial charge in [0.25, 0.3) is 0 Å². The van der Waals surface area contributed by atoms with E-state index in [-0.39, 0.29) is 5.41 Å². The summed E-state index contributed by atoms with van der Waals surface area (Å²) in [5.74, 6) is 0.822. The normalized spacial score (nSPS) is 17.4. The molecule has 1 radical (unpaired) electrons. The SMILES string of the molecule is CC(C)(C)C1=CN=[N+]O1. The Bertz CT molecular complexity index is 164. The van der Waals surface area contributed by atoms with Gasteiger partial charge in [0, 0.05) is 5.41 Å². The summed E-state index contributed by atoms with van der Waals surface area (Å²) >= 11 is 0. The van der Waals surface area contributed by atoms with E-state index < -0.39 is 0 Å². The zero-order chi connectivity index (χ0) is 6.91. The molecule has 3 heteroatoms. The molecule has 0 amide bonds. The van der Waals surface area contributed by atoms with Gasteiger partial charge >= 0.3 is 5.28 Å². The average molecular weight is 126 g/mol. The van der Waals surface area contributed by atoms with Crippen molar-refractivity contribution in [3.8, 4) is 0 Å². The molecular formula is C6H10N2O+. The van der Waals surface area contributed by atoms with Gasteiger partial charge in [0.05, 0.1) is 0 Å². The van der Waals surface area contributed by atoms with Gasteiger partial charge in [-0.3, -0.25) is 0 Å². The average Bonchev–Trinajstić information content (AvgIpc) is 2.08. The highest BCUT2D eigenvalue weighted by Crippen LogP contribution is 2.26. The zero-order valence-electron chi connectivity index (χ0n) is 5.88. The molecule has 1 aliphatic heterocycles. The van der Waals surface area contributed by atoms with Crippen molar-refractivity contribution >= 4 is 0 Å². The summed E-state index contributed by atoms with van der Waals surface area (Å²) in [6.07, 6.45) is 1.64. The van der Waals surface area contributed by atoms with Crippen molar-refractivity contribution < 1.29 is 4.84 Å². The Morgan fingerprint density at radius 1 is 1.56 bits per heavy atom. The molecule has 0 fully saturated rings. The number of rotatable bonds is 0. The quantitative estimate of drug-likeness (QED) is 0.485. The third kappa shape index (κ3) is 1.28. The van der Waals surface area contributed by atoms with E-state index in [2.05, 4.69) is 31.2 Å². The molecule has 0 aliphatic carbocycles. The summed E-state index contributed by atoms with van der Waals surface area (Å²) in [5, 5.41) is 6.94. The van der Waals surface area contributed by atoms with Crippen molar-refractivity contribution in [1.82, 2.24) is 5.28 Å². The highest BCUT2D eigenvalue weighted by Gasteiger charge is 2.28. The molecule has 0 aromatic carbocycles. The lowest BCUT2D eigenvalue weighted by molar-refractivity contribution is 0.117. The first-order valence-electron chi connectivity index (χ1n) is 2.88. The molecule has 0 N–H and O–H groups in total. The maximum atomic E-state index is 4.84. The second-order valence-corrected chi connectivity index (χ2v) is 3.03. The molecule has 1 aliphatic rings. The third-order valence-electron chi connectivity index (χ3n) is 1.10. The van der Waals surface area contributed by atoms with Crippen LogP contribution < -0.4 is 5.28 Å². The van der Waals surface area contributed by atoms with Crippen LogP contribution in [0.2, 0.25) is 0 Å². The van der Waals surface area contributed by atoms with E-state index in [4.69, 9.17) is 4.84 Å². The predicted molar refractivity (Wildman–Crippen MR) is 33.2 cm³/mol.